The van der Waals surface area contributed by atoms with E-state index in [0.29, 0.717) is 18.0 Å². The second-order valence-electron chi connectivity index (χ2n) is 5.37. The lowest BCUT2D eigenvalue weighted by atomic mass is 9.82. The SMILES string of the molecule is CC[C@H](O)C(C)(C)c1cc(NC(=O)C(C)C)on1. The zero-order valence-corrected chi connectivity index (χ0v) is 11.7. The van der Waals surface area contributed by atoms with Crippen molar-refractivity contribution >= 4 is 11.8 Å². The molecule has 0 saturated carbocycles. The van der Waals surface area contributed by atoms with Gasteiger partial charge >= 0.3 is 0 Å². The number of aliphatic hydroxyl groups is 1. The number of rotatable bonds is 5. The molecule has 5 heteroatoms. The minimum atomic E-state index is -0.503. The van der Waals surface area contributed by atoms with Crippen LogP contribution in [0.5, 0.6) is 0 Å². The fourth-order valence-corrected chi connectivity index (χ4v) is 1.58. The fraction of sp³-hybridized carbons (Fsp3) is 0.692. The highest BCUT2D eigenvalue weighted by atomic mass is 16.5. The Labute approximate surface area is 108 Å². The molecular weight excluding hydrogens is 232 g/mol. The van der Waals surface area contributed by atoms with Crippen LogP contribution in [0.4, 0.5) is 5.88 Å². The quantitative estimate of drug-likeness (QED) is 0.845. The van der Waals surface area contributed by atoms with Crippen molar-refractivity contribution in [2.45, 2.75) is 52.6 Å². The molecule has 1 amide bonds. The fourth-order valence-electron chi connectivity index (χ4n) is 1.58. The number of anilines is 1. The zero-order valence-electron chi connectivity index (χ0n) is 11.7. The van der Waals surface area contributed by atoms with Crippen LogP contribution >= 0.6 is 0 Å². The van der Waals surface area contributed by atoms with Crippen LogP contribution in [0.3, 0.4) is 0 Å². The van der Waals surface area contributed by atoms with Crippen molar-refractivity contribution in [1.29, 1.82) is 0 Å². The summed E-state index contributed by atoms with van der Waals surface area (Å²) >= 11 is 0. The molecule has 18 heavy (non-hydrogen) atoms. The molecule has 0 aromatic carbocycles. The third-order valence-corrected chi connectivity index (χ3v) is 3.16. The molecule has 0 fully saturated rings. The summed E-state index contributed by atoms with van der Waals surface area (Å²) in [6, 6.07) is 1.67. The Hall–Kier alpha value is -1.36. The van der Waals surface area contributed by atoms with Gasteiger partial charge in [0.05, 0.1) is 11.8 Å². The van der Waals surface area contributed by atoms with Gasteiger partial charge in [0, 0.05) is 17.4 Å². The topological polar surface area (TPSA) is 75.4 Å². The van der Waals surface area contributed by atoms with E-state index in [1.807, 2.05) is 20.8 Å². The molecule has 1 aromatic rings. The van der Waals surface area contributed by atoms with Gasteiger partial charge in [0.25, 0.3) is 0 Å². The van der Waals surface area contributed by atoms with Crippen LogP contribution in [0.1, 0.15) is 46.7 Å². The Morgan fingerprint density at radius 2 is 2.17 bits per heavy atom. The smallest absolute Gasteiger partial charge is 0.231 e. The molecule has 102 valence electrons. The number of hydrogen-bond donors (Lipinski definition) is 2. The van der Waals surface area contributed by atoms with E-state index >= 15 is 0 Å². The van der Waals surface area contributed by atoms with Crippen molar-refractivity contribution in [2.75, 3.05) is 5.32 Å². The number of amides is 1. The Morgan fingerprint density at radius 1 is 1.56 bits per heavy atom. The van der Waals surface area contributed by atoms with E-state index in [-0.39, 0.29) is 11.8 Å². The molecule has 1 rings (SSSR count). The molecule has 0 aliphatic rings. The third kappa shape index (κ3) is 3.10. The van der Waals surface area contributed by atoms with E-state index in [2.05, 4.69) is 10.5 Å². The van der Waals surface area contributed by atoms with Crippen LogP contribution in [0.25, 0.3) is 0 Å². The lowest BCUT2D eigenvalue weighted by Crippen LogP contribution is -2.33. The number of nitrogens with zero attached hydrogens (tertiary/aromatic N) is 1. The maximum atomic E-state index is 11.5. The Kier molecular flexibility index (Phi) is 4.51. The van der Waals surface area contributed by atoms with Crippen molar-refractivity contribution in [2.24, 2.45) is 5.92 Å². The summed E-state index contributed by atoms with van der Waals surface area (Å²) in [6.07, 6.45) is 0.129. The first-order valence-corrected chi connectivity index (χ1v) is 6.25. The molecule has 0 unspecified atom stereocenters. The average Bonchev–Trinajstić information content (AvgIpc) is 2.76. The van der Waals surface area contributed by atoms with Gasteiger partial charge in [-0.2, -0.15) is 0 Å². The van der Waals surface area contributed by atoms with E-state index in [4.69, 9.17) is 4.52 Å². The summed E-state index contributed by atoms with van der Waals surface area (Å²) in [6.45, 7) is 9.31. The van der Waals surface area contributed by atoms with E-state index in [0.717, 1.165) is 0 Å². The summed E-state index contributed by atoms with van der Waals surface area (Å²) in [7, 11) is 0. The van der Waals surface area contributed by atoms with E-state index in [1.54, 1.807) is 19.9 Å². The summed E-state index contributed by atoms with van der Waals surface area (Å²) < 4.78 is 5.07. The molecule has 2 N–H and O–H groups in total. The maximum Gasteiger partial charge on any atom is 0.231 e. The van der Waals surface area contributed by atoms with Gasteiger partial charge < -0.3 is 9.63 Å². The highest BCUT2D eigenvalue weighted by molar-refractivity contribution is 5.90. The monoisotopic (exact) mass is 254 g/mol. The first-order chi connectivity index (χ1) is 8.28. The first-order valence-electron chi connectivity index (χ1n) is 6.25. The minimum Gasteiger partial charge on any atom is -0.392 e. The van der Waals surface area contributed by atoms with Gasteiger partial charge in [0.15, 0.2) is 0 Å². The molecule has 0 spiro atoms. The Bertz CT molecular complexity index is 410. The van der Waals surface area contributed by atoms with Crippen LogP contribution in [0.2, 0.25) is 0 Å². The molecule has 0 aliphatic carbocycles. The number of nitrogens with one attached hydrogen (secondary N) is 1. The Balaban J connectivity index is 2.83. The van der Waals surface area contributed by atoms with Gasteiger partial charge in [-0.15, -0.1) is 0 Å². The summed E-state index contributed by atoms with van der Waals surface area (Å²) in [5, 5.41) is 16.5. The molecule has 1 heterocycles. The van der Waals surface area contributed by atoms with Crippen LogP contribution < -0.4 is 5.32 Å². The van der Waals surface area contributed by atoms with E-state index in [9.17, 15) is 9.90 Å². The van der Waals surface area contributed by atoms with Crippen molar-refractivity contribution in [3.05, 3.63) is 11.8 Å². The third-order valence-electron chi connectivity index (χ3n) is 3.16. The van der Waals surface area contributed by atoms with E-state index < -0.39 is 11.5 Å². The number of aliphatic hydroxyl groups excluding tert-OH is 1. The van der Waals surface area contributed by atoms with Gasteiger partial charge in [0.1, 0.15) is 0 Å². The summed E-state index contributed by atoms with van der Waals surface area (Å²) in [5.41, 5.74) is 0.134. The predicted molar refractivity (Wildman–Crippen MR) is 69.3 cm³/mol. The van der Waals surface area contributed by atoms with Gasteiger partial charge in [-0.05, 0) is 6.42 Å². The standard InChI is InChI=1S/C13H22N2O3/c1-6-10(16)13(4,5)9-7-11(18-15-9)14-12(17)8(2)3/h7-8,10,16H,6H2,1-5H3,(H,14,17)/t10-/m0/s1. The highest BCUT2D eigenvalue weighted by Crippen LogP contribution is 2.29. The lowest BCUT2D eigenvalue weighted by molar-refractivity contribution is -0.119. The van der Waals surface area contributed by atoms with E-state index in [1.165, 1.54) is 0 Å². The first kappa shape index (κ1) is 14.7. The largest absolute Gasteiger partial charge is 0.392 e. The Morgan fingerprint density at radius 3 is 2.67 bits per heavy atom. The maximum absolute atomic E-state index is 11.5. The molecule has 0 aliphatic heterocycles. The van der Waals surface area contributed by atoms with Crippen LogP contribution in [0.15, 0.2) is 10.6 Å². The molecular formula is C13H22N2O3. The summed E-state index contributed by atoms with van der Waals surface area (Å²) in [4.78, 5) is 11.5. The molecule has 0 radical (unpaired) electrons. The highest BCUT2D eigenvalue weighted by Gasteiger charge is 2.32. The van der Waals surface area contributed by atoms with Crippen molar-refractivity contribution in [1.82, 2.24) is 5.16 Å². The molecule has 0 bridgehead atoms. The van der Waals surface area contributed by atoms with Crippen molar-refractivity contribution in [3.63, 3.8) is 0 Å². The second kappa shape index (κ2) is 5.52. The lowest BCUT2D eigenvalue weighted by Gasteiger charge is -2.27. The average molecular weight is 254 g/mol. The predicted octanol–water partition coefficient (Wildman–Crippen LogP) is 2.32. The van der Waals surface area contributed by atoms with Crippen LogP contribution in [-0.4, -0.2) is 22.3 Å². The van der Waals surface area contributed by atoms with Gasteiger partial charge in [-0.1, -0.05) is 39.8 Å². The second-order valence-corrected chi connectivity index (χ2v) is 5.37. The summed E-state index contributed by atoms with van der Waals surface area (Å²) in [5.74, 6) is 0.0828. The molecule has 0 saturated heterocycles. The van der Waals surface area contributed by atoms with Crippen molar-refractivity contribution in [3.8, 4) is 0 Å². The normalized spacial score (nSPS) is 13.7. The minimum absolute atomic E-state index is 0.118. The molecule has 5 nitrogen and oxygen atoms in total. The zero-order chi connectivity index (χ0) is 13.9. The number of aromatic nitrogens is 1. The van der Waals surface area contributed by atoms with Gasteiger partial charge in [-0.3, -0.25) is 10.1 Å². The number of carbonyl (C=O) groups excluding carboxylic acids is 1. The molecule has 1 aromatic heterocycles. The molecule has 1 atom stereocenters. The van der Waals surface area contributed by atoms with Crippen LogP contribution in [-0.2, 0) is 10.2 Å². The number of hydrogen-bond acceptors (Lipinski definition) is 4. The van der Waals surface area contributed by atoms with Crippen LogP contribution in [0, 0.1) is 5.92 Å². The van der Waals surface area contributed by atoms with Gasteiger partial charge in [0.2, 0.25) is 11.8 Å². The number of carbonyl (C=O) groups is 1. The van der Waals surface area contributed by atoms with Gasteiger partial charge in [-0.25, -0.2) is 0 Å². The van der Waals surface area contributed by atoms with Crippen molar-refractivity contribution < 1.29 is 14.4 Å².